The van der Waals surface area contributed by atoms with E-state index in [0.717, 1.165) is 5.56 Å². The Kier molecular flexibility index (Phi) is 2.66. The average molecular weight is 237 g/mol. The van der Waals surface area contributed by atoms with Crippen molar-refractivity contribution >= 4 is 17.6 Å². The number of rotatable bonds is 2. The van der Waals surface area contributed by atoms with Gasteiger partial charge in [0.05, 0.1) is 22.5 Å². The average Bonchev–Trinajstić information content (AvgIpc) is 2.65. The summed E-state index contributed by atoms with van der Waals surface area (Å²) in [6.45, 7) is 1.90. The van der Waals surface area contributed by atoms with Crippen LogP contribution < -0.4 is 0 Å². The fourth-order valence-corrected chi connectivity index (χ4v) is 1.57. The quantitative estimate of drug-likeness (QED) is 0.872. The topological polar surface area (TPSA) is 55.1 Å². The third-order valence-corrected chi connectivity index (χ3v) is 2.47. The number of aromatic carboxylic acids is 1. The molecule has 82 valence electrons. The molecule has 16 heavy (non-hydrogen) atoms. The molecule has 2 aromatic rings. The molecular formula is C11H9ClN2O2. The molecule has 0 atom stereocenters. The zero-order valence-corrected chi connectivity index (χ0v) is 9.27. The molecule has 0 aliphatic carbocycles. The van der Waals surface area contributed by atoms with Crippen LogP contribution in [0.25, 0.3) is 5.69 Å². The number of carboxylic acids is 1. The van der Waals surface area contributed by atoms with Crippen LogP contribution in [0.15, 0.2) is 30.6 Å². The van der Waals surface area contributed by atoms with Crippen LogP contribution in [0.2, 0.25) is 5.02 Å². The number of benzene rings is 1. The van der Waals surface area contributed by atoms with Crippen molar-refractivity contribution in [2.75, 3.05) is 0 Å². The minimum Gasteiger partial charge on any atom is -0.478 e. The van der Waals surface area contributed by atoms with E-state index in [9.17, 15) is 4.79 Å². The summed E-state index contributed by atoms with van der Waals surface area (Å²) in [5.41, 5.74) is 1.74. The molecule has 5 heteroatoms. The van der Waals surface area contributed by atoms with Gasteiger partial charge in [-0.05, 0) is 30.7 Å². The van der Waals surface area contributed by atoms with Crippen LogP contribution >= 0.6 is 11.6 Å². The Morgan fingerprint density at radius 2 is 2.25 bits per heavy atom. The fraction of sp³-hybridized carbons (Fsp3) is 0.0909. The standard InChI is InChI=1S/C11H9ClN2O2/c1-7-5-13-14(6-7)10-4-8(11(15)16)2-3-9(10)12/h2-6H,1H3,(H,15,16). The fourth-order valence-electron chi connectivity index (χ4n) is 1.37. The second-order valence-electron chi connectivity index (χ2n) is 3.43. The maximum Gasteiger partial charge on any atom is 0.335 e. The summed E-state index contributed by atoms with van der Waals surface area (Å²) in [4.78, 5) is 10.8. The number of nitrogens with zero attached hydrogens (tertiary/aromatic N) is 2. The monoisotopic (exact) mass is 236 g/mol. The lowest BCUT2D eigenvalue weighted by atomic mass is 10.2. The minimum atomic E-state index is -0.984. The zero-order chi connectivity index (χ0) is 11.7. The van der Waals surface area contributed by atoms with Crippen LogP contribution in [-0.2, 0) is 0 Å². The molecule has 0 saturated heterocycles. The lowest BCUT2D eigenvalue weighted by Crippen LogP contribution is -2.01. The van der Waals surface area contributed by atoms with Crippen molar-refractivity contribution in [1.29, 1.82) is 0 Å². The van der Waals surface area contributed by atoms with Crippen LogP contribution in [0.4, 0.5) is 0 Å². The van der Waals surface area contributed by atoms with Gasteiger partial charge in [0.1, 0.15) is 0 Å². The number of aromatic nitrogens is 2. The number of aryl methyl sites for hydroxylation is 1. The molecule has 0 bridgehead atoms. The van der Waals surface area contributed by atoms with Crippen molar-refractivity contribution in [2.24, 2.45) is 0 Å². The summed E-state index contributed by atoms with van der Waals surface area (Å²) in [6.07, 6.45) is 3.47. The van der Waals surface area contributed by atoms with Gasteiger partial charge in [-0.25, -0.2) is 9.48 Å². The number of carboxylic acid groups (broad SMARTS) is 1. The van der Waals surface area contributed by atoms with Crippen LogP contribution in [0.1, 0.15) is 15.9 Å². The maximum absolute atomic E-state index is 10.8. The van der Waals surface area contributed by atoms with E-state index in [4.69, 9.17) is 16.7 Å². The normalized spacial score (nSPS) is 10.4. The van der Waals surface area contributed by atoms with Crippen molar-refractivity contribution in [2.45, 2.75) is 6.92 Å². The van der Waals surface area contributed by atoms with E-state index in [1.54, 1.807) is 23.1 Å². The van der Waals surface area contributed by atoms with Crippen LogP contribution in [0.3, 0.4) is 0 Å². The Bertz CT molecular complexity index is 549. The minimum absolute atomic E-state index is 0.188. The number of carbonyl (C=O) groups is 1. The van der Waals surface area contributed by atoms with Crippen molar-refractivity contribution in [3.05, 3.63) is 46.7 Å². The highest BCUT2D eigenvalue weighted by Gasteiger charge is 2.09. The van der Waals surface area contributed by atoms with E-state index in [1.807, 2.05) is 6.92 Å². The molecule has 0 spiro atoms. The molecule has 0 aliphatic heterocycles. The second-order valence-corrected chi connectivity index (χ2v) is 3.84. The molecule has 0 saturated carbocycles. The van der Waals surface area contributed by atoms with Gasteiger partial charge in [0.2, 0.25) is 0 Å². The SMILES string of the molecule is Cc1cnn(-c2cc(C(=O)O)ccc2Cl)c1. The van der Waals surface area contributed by atoms with E-state index in [1.165, 1.54) is 12.1 Å². The summed E-state index contributed by atoms with van der Waals surface area (Å²) in [6, 6.07) is 4.51. The summed E-state index contributed by atoms with van der Waals surface area (Å²) in [7, 11) is 0. The molecule has 0 fully saturated rings. The third-order valence-electron chi connectivity index (χ3n) is 2.15. The van der Waals surface area contributed by atoms with Gasteiger partial charge in [0.15, 0.2) is 0 Å². The largest absolute Gasteiger partial charge is 0.478 e. The summed E-state index contributed by atoms with van der Waals surface area (Å²) in [5, 5.41) is 13.4. The predicted octanol–water partition coefficient (Wildman–Crippen LogP) is 2.53. The van der Waals surface area contributed by atoms with E-state index in [-0.39, 0.29) is 5.56 Å². The van der Waals surface area contributed by atoms with Gasteiger partial charge >= 0.3 is 5.97 Å². The van der Waals surface area contributed by atoms with Gasteiger partial charge < -0.3 is 5.11 Å². The molecule has 1 N–H and O–H groups in total. The van der Waals surface area contributed by atoms with Crippen molar-refractivity contribution in [3.8, 4) is 5.69 Å². The van der Waals surface area contributed by atoms with Gasteiger partial charge in [0.25, 0.3) is 0 Å². The first kappa shape index (κ1) is 10.7. The van der Waals surface area contributed by atoms with Gasteiger partial charge in [-0.1, -0.05) is 11.6 Å². The number of hydrogen-bond acceptors (Lipinski definition) is 2. The molecule has 1 aromatic carbocycles. The van der Waals surface area contributed by atoms with E-state index < -0.39 is 5.97 Å². The maximum atomic E-state index is 10.8. The lowest BCUT2D eigenvalue weighted by Gasteiger charge is -2.05. The molecule has 0 aliphatic rings. The summed E-state index contributed by atoms with van der Waals surface area (Å²) in [5.74, 6) is -0.984. The Labute approximate surface area is 97.1 Å². The highest BCUT2D eigenvalue weighted by atomic mass is 35.5. The number of hydrogen-bond donors (Lipinski definition) is 1. The van der Waals surface area contributed by atoms with Crippen molar-refractivity contribution in [1.82, 2.24) is 9.78 Å². The van der Waals surface area contributed by atoms with Gasteiger partial charge in [0, 0.05) is 6.20 Å². The smallest absolute Gasteiger partial charge is 0.335 e. The van der Waals surface area contributed by atoms with Gasteiger partial charge in [-0.15, -0.1) is 0 Å². The summed E-state index contributed by atoms with van der Waals surface area (Å²) >= 11 is 5.99. The first-order valence-electron chi connectivity index (χ1n) is 4.62. The van der Waals surface area contributed by atoms with E-state index in [2.05, 4.69) is 5.10 Å². The third kappa shape index (κ3) is 1.92. The Morgan fingerprint density at radius 3 is 2.81 bits per heavy atom. The Hall–Kier alpha value is -1.81. The highest BCUT2D eigenvalue weighted by Crippen LogP contribution is 2.21. The first-order valence-corrected chi connectivity index (χ1v) is 5.00. The second kappa shape index (κ2) is 3.98. The molecule has 0 amide bonds. The first-order chi connectivity index (χ1) is 7.58. The molecular weight excluding hydrogens is 228 g/mol. The molecule has 2 rings (SSSR count). The molecule has 0 unspecified atom stereocenters. The highest BCUT2D eigenvalue weighted by molar-refractivity contribution is 6.32. The summed E-state index contributed by atoms with van der Waals surface area (Å²) < 4.78 is 1.56. The lowest BCUT2D eigenvalue weighted by molar-refractivity contribution is 0.0697. The van der Waals surface area contributed by atoms with Crippen LogP contribution in [-0.4, -0.2) is 20.9 Å². The molecule has 0 radical (unpaired) electrons. The van der Waals surface area contributed by atoms with Gasteiger partial charge in [-0.3, -0.25) is 0 Å². The van der Waals surface area contributed by atoms with Crippen molar-refractivity contribution in [3.63, 3.8) is 0 Å². The van der Waals surface area contributed by atoms with E-state index >= 15 is 0 Å². The zero-order valence-electron chi connectivity index (χ0n) is 8.51. The molecule has 1 heterocycles. The van der Waals surface area contributed by atoms with Crippen LogP contribution in [0, 0.1) is 6.92 Å². The number of halogens is 1. The predicted molar refractivity (Wildman–Crippen MR) is 60.3 cm³/mol. The Morgan fingerprint density at radius 1 is 1.50 bits per heavy atom. The molecule has 1 aromatic heterocycles. The van der Waals surface area contributed by atoms with E-state index in [0.29, 0.717) is 10.7 Å². The van der Waals surface area contributed by atoms with Crippen LogP contribution in [0.5, 0.6) is 0 Å². The van der Waals surface area contributed by atoms with Crippen molar-refractivity contribution < 1.29 is 9.90 Å². The van der Waals surface area contributed by atoms with Gasteiger partial charge in [-0.2, -0.15) is 5.10 Å². The Balaban J connectivity index is 2.55. The molecule has 4 nitrogen and oxygen atoms in total.